The number of carbonyl (C=O) groups is 1. The molecule has 0 aliphatic carbocycles. The Morgan fingerprint density at radius 1 is 1.18 bits per heavy atom. The van der Waals surface area contributed by atoms with E-state index in [1.165, 1.54) is 0 Å². The first kappa shape index (κ1) is 16.1. The number of hydrogen-bond donors (Lipinski definition) is 0. The van der Waals surface area contributed by atoms with Crippen molar-refractivity contribution in [2.75, 3.05) is 13.7 Å². The molecular formula is C19H23NO2. The second-order valence-electron chi connectivity index (χ2n) is 5.41. The summed E-state index contributed by atoms with van der Waals surface area (Å²) in [4.78, 5) is 14.7. The summed E-state index contributed by atoms with van der Waals surface area (Å²) in [7, 11) is 1.65. The van der Waals surface area contributed by atoms with Crippen LogP contribution in [0.15, 0.2) is 48.5 Å². The van der Waals surface area contributed by atoms with Crippen LogP contribution in [0.5, 0.6) is 5.75 Å². The van der Waals surface area contributed by atoms with E-state index in [2.05, 4.69) is 0 Å². The van der Waals surface area contributed by atoms with Crippen LogP contribution in [-0.4, -0.2) is 24.5 Å². The Kier molecular flexibility index (Phi) is 5.21. The molecule has 22 heavy (non-hydrogen) atoms. The normalized spacial score (nSPS) is 11.8. The van der Waals surface area contributed by atoms with Crippen LogP contribution in [0.3, 0.4) is 0 Å². The molecule has 1 unspecified atom stereocenters. The summed E-state index contributed by atoms with van der Waals surface area (Å²) in [5.41, 5.74) is 2.90. The zero-order chi connectivity index (χ0) is 16.1. The maximum Gasteiger partial charge on any atom is 0.254 e. The van der Waals surface area contributed by atoms with Gasteiger partial charge in [0.1, 0.15) is 5.75 Å². The number of amides is 1. The molecule has 0 N–H and O–H groups in total. The fraction of sp³-hybridized carbons (Fsp3) is 0.316. The quantitative estimate of drug-likeness (QED) is 0.826. The van der Waals surface area contributed by atoms with Gasteiger partial charge in [-0.25, -0.2) is 0 Å². The third-order valence-corrected chi connectivity index (χ3v) is 3.91. The van der Waals surface area contributed by atoms with Crippen LogP contribution in [0.25, 0.3) is 0 Å². The predicted octanol–water partition coefficient (Wildman–Crippen LogP) is 4.23. The van der Waals surface area contributed by atoms with Crippen LogP contribution in [0.4, 0.5) is 0 Å². The monoisotopic (exact) mass is 297 g/mol. The van der Waals surface area contributed by atoms with Crippen LogP contribution in [0.1, 0.15) is 41.4 Å². The van der Waals surface area contributed by atoms with E-state index in [0.29, 0.717) is 6.54 Å². The number of ether oxygens (including phenoxy) is 1. The summed E-state index contributed by atoms with van der Waals surface area (Å²) in [6.45, 7) is 6.71. The zero-order valence-corrected chi connectivity index (χ0v) is 13.7. The summed E-state index contributed by atoms with van der Waals surface area (Å²) in [5, 5.41) is 0. The second-order valence-corrected chi connectivity index (χ2v) is 5.41. The molecule has 0 bridgehead atoms. The van der Waals surface area contributed by atoms with Gasteiger partial charge in [-0.3, -0.25) is 4.79 Å². The highest BCUT2D eigenvalue weighted by atomic mass is 16.5. The molecule has 0 fully saturated rings. The van der Waals surface area contributed by atoms with Gasteiger partial charge in [0, 0.05) is 12.1 Å². The SMILES string of the molecule is CCN(C(=O)c1cccc(C)c1)C(C)c1cccc(OC)c1. The van der Waals surface area contributed by atoms with E-state index in [-0.39, 0.29) is 11.9 Å². The van der Waals surface area contributed by atoms with Gasteiger partial charge in [-0.1, -0.05) is 29.8 Å². The number of benzene rings is 2. The summed E-state index contributed by atoms with van der Waals surface area (Å²) < 4.78 is 5.28. The van der Waals surface area contributed by atoms with Gasteiger partial charge >= 0.3 is 0 Å². The third kappa shape index (κ3) is 3.48. The van der Waals surface area contributed by atoms with Crippen LogP contribution >= 0.6 is 0 Å². The molecule has 0 aromatic heterocycles. The van der Waals surface area contributed by atoms with Gasteiger partial charge in [0.25, 0.3) is 5.91 Å². The minimum Gasteiger partial charge on any atom is -0.497 e. The molecule has 3 nitrogen and oxygen atoms in total. The highest BCUT2D eigenvalue weighted by Gasteiger charge is 2.21. The first-order valence-electron chi connectivity index (χ1n) is 7.58. The first-order valence-corrected chi connectivity index (χ1v) is 7.58. The molecule has 116 valence electrons. The van der Waals surface area contributed by atoms with E-state index in [1.807, 2.05) is 74.2 Å². The van der Waals surface area contributed by atoms with Gasteiger partial charge in [-0.05, 0) is 50.6 Å². The van der Waals surface area contributed by atoms with Crippen molar-refractivity contribution in [1.29, 1.82) is 0 Å². The Hall–Kier alpha value is -2.29. The minimum absolute atomic E-state index is 0.00638. The standard InChI is InChI=1S/C19H23NO2/c1-5-20(19(21)17-10-6-8-14(2)12-17)15(3)16-9-7-11-18(13-16)22-4/h6-13,15H,5H2,1-4H3. The Labute approximate surface area is 132 Å². The lowest BCUT2D eigenvalue weighted by atomic mass is 10.0. The lowest BCUT2D eigenvalue weighted by Crippen LogP contribution is -2.33. The molecular weight excluding hydrogens is 274 g/mol. The smallest absolute Gasteiger partial charge is 0.254 e. The molecule has 0 saturated heterocycles. The molecule has 0 spiro atoms. The van der Waals surface area contributed by atoms with Gasteiger partial charge in [-0.15, -0.1) is 0 Å². The Morgan fingerprint density at radius 2 is 1.91 bits per heavy atom. The van der Waals surface area contributed by atoms with E-state index < -0.39 is 0 Å². The first-order chi connectivity index (χ1) is 10.6. The highest BCUT2D eigenvalue weighted by Crippen LogP contribution is 2.25. The number of rotatable bonds is 5. The van der Waals surface area contributed by atoms with Crippen molar-refractivity contribution in [1.82, 2.24) is 4.90 Å². The lowest BCUT2D eigenvalue weighted by molar-refractivity contribution is 0.0702. The minimum atomic E-state index is -0.00638. The van der Waals surface area contributed by atoms with Crippen LogP contribution in [0, 0.1) is 6.92 Å². The number of hydrogen-bond acceptors (Lipinski definition) is 2. The number of methoxy groups -OCH3 is 1. The molecule has 0 heterocycles. The average molecular weight is 297 g/mol. The molecule has 1 amide bonds. The van der Waals surface area contributed by atoms with Gasteiger partial charge in [0.15, 0.2) is 0 Å². The van der Waals surface area contributed by atoms with Gasteiger partial charge in [-0.2, -0.15) is 0 Å². The molecule has 3 heteroatoms. The van der Waals surface area contributed by atoms with E-state index in [9.17, 15) is 4.79 Å². The fourth-order valence-electron chi connectivity index (χ4n) is 2.62. The van der Waals surface area contributed by atoms with E-state index >= 15 is 0 Å². The largest absolute Gasteiger partial charge is 0.497 e. The van der Waals surface area contributed by atoms with Gasteiger partial charge in [0.05, 0.1) is 13.2 Å². The number of nitrogens with zero attached hydrogens (tertiary/aromatic N) is 1. The second kappa shape index (κ2) is 7.12. The van der Waals surface area contributed by atoms with Crippen LogP contribution in [0.2, 0.25) is 0 Å². The number of aryl methyl sites for hydroxylation is 1. The lowest BCUT2D eigenvalue weighted by Gasteiger charge is -2.29. The molecule has 1 atom stereocenters. The molecule has 0 aliphatic rings. The molecule has 2 rings (SSSR count). The molecule has 0 saturated carbocycles. The topological polar surface area (TPSA) is 29.5 Å². The zero-order valence-electron chi connectivity index (χ0n) is 13.7. The van der Waals surface area contributed by atoms with Gasteiger partial charge < -0.3 is 9.64 Å². The molecule has 2 aromatic rings. The van der Waals surface area contributed by atoms with Crippen LogP contribution < -0.4 is 4.74 Å². The predicted molar refractivity (Wildman–Crippen MR) is 89.3 cm³/mol. The summed E-state index contributed by atoms with van der Waals surface area (Å²) in [5.74, 6) is 0.866. The Balaban J connectivity index is 2.28. The highest BCUT2D eigenvalue weighted by molar-refractivity contribution is 5.94. The van der Waals surface area contributed by atoms with Crippen LogP contribution in [-0.2, 0) is 0 Å². The van der Waals surface area contributed by atoms with Crippen molar-refractivity contribution in [2.24, 2.45) is 0 Å². The number of carbonyl (C=O) groups excluding carboxylic acids is 1. The van der Waals surface area contributed by atoms with Crippen molar-refractivity contribution in [3.8, 4) is 5.75 Å². The summed E-state index contributed by atoms with van der Waals surface area (Å²) in [6, 6.07) is 15.6. The molecule has 0 radical (unpaired) electrons. The molecule has 2 aromatic carbocycles. The summed E-state index contributed by atoms with van der Waals surface area (Å²) in [6.07, 6.45) is 0. The fourth-order valence-corrected chi connectivity index (χ4v) is 2.62. The van der Waals surface area contributed by atoms with Crippen molar-refractivity contribution in [2.45, 2.75) is 26.8 Å². The van der Waals surface area contributed by atoms with Crippen molar-refractivity contribution < 1.29 is 9.53 Å². The Morgan fingerprint density at radius 3 is 2.55 bits per heavy atom. The maximum atomic E-state index is 12.8. The average Bonchev–Trinajstić information content (AvgIpc) is 2.55. The summed E-state index contributed by atoms with van der Waals surface area (Å²) >= 11 is 0. The third-order valence-electron chi connectivity index (χ3n) is 3.91. The Bertz CT molecular complexity index is 651. The maximum absolute atomic E-state index is 12.8. The van der Waals surface area contributed by atoms with Crippen molar-refractivity contribution in [3.05, 3.63) is 65.2 Å². The van der Waals surface area contributed by atoms with E-state index in [1.54, 1.807) is 7.11 Å². The van der Waals surface area contributed by atoms with E-state index in [0.717, 1.165) is 22.4 Å². The van der Waals surface area contributed by atoms with Crippen molar-refractivity contribution in [3.63, 3.8) is 0 Å². The molecule has 0 aliphatic heterocycles. The van der Waals surface area contributed by atoms with E-state index in [4.69, 9.17) is 4.74 Å². The van der Waals surface area contributed by atoms with Crippen molar-refractivity contribution >= 4 is 5.91 Å². The van der Waals surface area contributed by atoms with Gasteiger partial charge in [0.2, 0.25) is 0 Å².